The van der Waals surface area contributed by atoms with Crippen LogP contribution in [0.4, 0.5) is 0 Å². The Morgan fingerprint density at radius 2 is 1.66 bits per heavy atom. The molecule has 2 aliphatic heterocycles. The Labute approximate surface area is 191 Å². The summed E-state index contributed by atoms with van der Waals surface area (Å²) in [6.07, 6.45) is 0. The number of fused-ring (bicyclic) bond motifs is 1. The minimum Gasteiger partial charge on any atom is -0.492 e. The highest BCUT2D eigenvalue weighted by atomic mass is 79.9. The maximum absolute atomic E-state index is 12.7. The lowest BCUT2D eigenvalue weighted by Gasteiger charge is -2.14. The SMILES string of the molecule is COC1=C(C)C(=O)O/C1=C1/C(=O)Oc2c1cc(OC(=O)c1ccc(Br)cc1)c(OC)c2C. The Bertz CT molecular complexity index is 1240. The Balaban J connectivity index is 1.84. The van der Waals surface area contributed by atoms with Crippen LogP contribution in [0.1, 0.15) is 28.4 Å². The molecule has 0 aromatic heterocycles. The van der Waals surface area contributed by atoms with E-state index in [0.717, 1.165) is 4.47 Å². The second-order valence-corrected chi connectivity index (χ2v) is 7.86. The van der Waals surface area contributed by atoms with Crippen molar-refractivity contribution in [1.82, 2.24) is 0 Å². The van der Waals surface area contributed by atoms with Gasteiger partial charge in [-0.3, -0.25) is 0 Å². The minimum absolute atomic E-state index is 0.00579. The van der Waals surface area contributed by atoms with Gasteiger partial charge in [0.25, 0.3) is 0 Å². The van der Waals surface area contributed by atoms with E-state index < -0.39 is 17.9 Å². The van der Waals surface area contributed by atoms with E-state index in [9.17, 15) is 14.4 Å². The molecule has 0 aliphatic carbocycles. The van der Waals surface area contributed by atoms with Crippen molar-refractivity contribution in [2.24, 2.45) is 0 Å². The summed E-state index contributed by atoms with van der Waals surface area (Å²) in [5.41, 5.74) is 1.27. The first-order valence-electron chi connectivity index (χ1n) is 9.40. The second kappa shape index (κ2) is 8.16. The van der Waals surface area contributed by atoms with Crippen LogP contribution in [0.15, 0.2) is 51.9 Å². The van der Waals surface area contributed by atoms with E-state index in [1.54, 1.807) is 31.2 Å². The summed E-state index contributed by atoms with van der Waals surface area (Å²) < 4.78 is 27.8. The van der Waals surface area contributed by atoms with E-state index in [1.807, 2.05) is 0 Å². The Kier molecular flexibility index (Phi) is 5.52. The maximum Gasteiger partial charge on any atom is 0.348 e. The topological polar surface area (TPSA) is 97.4 Å². The summed E-state index contributed by atoms with van der Waals surface area (Å²) in [6, 6.07) is 8.09. The fourth-order valence-electron chi connectivity index (χ4n) is 3.50. The molecule has 2 aliphatic rings. The molecule has 0 fully saturated rings. The first-order valence-corrected chi connectivity index (χ1v) is 10.2. The van der Waals surface area contributed by atoms with Crippen LogP contribution in [0.3, 0.4) is 0 Å². The fraction of sp³-hybridized carbons (Fsp3) is 0.174. The van der Waals surface area contributed by atoms with E-state index in [4.69, 9.17) is 23.7 Å². The molecule has 0 spiro atoms. The zero-order valence-electron chi connectivity index (χ0n) is 17.5. The third-order valence-electron chi connectivity index (χ3n) is 5.06. The molecular formula is C23H17BrO8. The van der Waals surface area contributed by atoms with Crippen LogP contribution >= 0.6 is 15.9 Å². The van der Waals surface area contributed by atoms with E-state index in [2.05, 4.69) is 15.9 Å². The molecule has 0 bridgehead atoms. The van der Waals surface area contributed by atoms with Crippen LogP contribution in [-0.2, 0) is 19.1 Å². The lowest BCUT2D eigenvalue weighted by Crippen LogP contribution is -2.10. The van der Waals surface area contributed by atoms with Crippen molar-refractivity contribution in [3.8, 4) is 17.2 Å². The molecule has 2 aromatic rings. The lowest BCUT2D eigenvalue weighted by atomic mass is 10.0. The molecule has 32 heavy (non-hydrogen) atoms. The van der Waals surface area contributed by atoms with Crippen LogP contribution in [0.25, 0.3) is 5.57 Å². The van der Waals surface area contributed by atoms with E-state index >= 15 is 0 Å². The van der Waals surface area contributed by atoms with E-state index in [-0.39, 0.29) is 39.9 Å². The number of benzene rings is 2. The normalized spacial score (nSPS) is 17.2. The van der Waals surface area contributed by atoms with Crippen molar-refractivity contribution in [3.63, 3.8) is 0 Å². The largest absolute Gasteiger partial charge is 0.492 e. The molecule has 4 rings (SSSR count). The molecule has 2 heterocycles. The highest BCUT2D eigenvalue weighted by Gasteiger charge is 2.40. The van der Waals surface area contributed by atoms with Gasteiger partial charge in [0.15, 0.2) is 23.0 Å². The van der Waals surface area contributed by atoms with Gasteiger partial charge >= 0.3 is 17.9 Å². The molecule has 2 aromatic carbocycles. The van der Waals surface area contributed by atoms with Gasteiger partial charge in [0.05, 0.1) is 25.4 Å². The number of esters is 3. The molecule has 9 heteroatoms. The van der Waals surface area contributed by atoms with Gasteiger partial charge in [-0.25, -0.2) is 14.4 Å². The minimum atomic E-state index is -0.728. The Morgan fingerprint density at radius 1 is 0.969 bits per heavy atom. The summed E-state index contributed by atoms with van der Waals surface area (Å²) in [7, 11) is 2.78. The number of hydrogen-bond donors (Lipinski definition) is 0. The number of halogens is 1. The molecule has 0 atom stereocenters. The molecule has 8 nitrogen and oxygen atoms in total. The standard InChI is InChI=1S/C23H17BrO8/c1-10-17-14(16(23(27)31-17)20-19(29-4)11(2)21(25)32-20)9-15(18(10)28-3)30-22(26)12-5-7-13(24)8-6-12/h5-9H,1-4H3/b20-16+. The second-order valence-electron chi connectivity index (χ2n) is 6.95. The molecule has 0 N–H and O–H groups in total. The van der Waals surface area contributed by atoms with Crippen LogP contribution < -0.4 is 14.2 Å². The molecule has 164 valence electrons. The number of carbonyl (C=O) groups excluding carboxylic acids is 3. The highest BCUT2D eigenvalue weighted by Crippen LogP contribution is 2.49. The number of hydrogen-bond acceptors (Lipinski definition) is 8. The number of ether oxygens (including phenoxy) is 5. The quantitative estimate of drug-likeness (QED) is 0.351. The van der Waals surface area contributed by atoms with Gasteiger partial charge in [0.1, 0.15) is 11.3 Å². The zero-order chi connectivity index (χ0) is 23.2. The van der Waals surface area contributed by atoms with Crippen LogP contribution in [0.5, 0.6) is 17.2 Å². The average Bonchev–Trinajstić information content (AvgIpc) is 3.24. The number of cyclic esters (lactones) is 1. The maximum atomic E-state index is 12.7. The smallest absolute Gasteiger partial charge is 0.348 e. The molecule has 0 unspecified atom stereocenters. The average molecular weight is 501 g/mol. The molecule has 0 amide bonds. The first-order chi connectivity index (χ1) is 15.3. The lowest BCUT2D eigenvalue weighted by molar-refractivity contribution is -0.133. The van der Waals surface area contributed by atoms with Crippen molar-refractivity contribution in [3.05, 3.63) is 68.6 Å². The van der Waals surface area contributed by atoms with Crippen LogP contribution in [-0.4, -0.2) is 32.1 Å². The van der Waals surface area contributed by atoms with Gasteiger partial charge < -0.3 is 23.7 Å². The first kappa shape index (κ1) is 21.6. The summed E-state index contributed by atoms with van der Waals surface area (Å²) in [4.78, 5) is 37.5. The van der Waals surface area contributed by atoms with Gasteiger partial charge in [-0.15, -0.1) is 0 Å². The Morgan fingerprint density at radius 3 is 2.28 bits per heavy atom. The number of carbonyl (C=O) groups is 3. The highest BCUT2D eigenvalue weighted by molar-refractivity contribution is 9.10. The van der Waals surface area contributed by atoms with Crippen molar-refractivity contribution in [1.29, 1.82) is 0 Å². The summed E-state index contributed by atoms with van der Waals surface area (Å²) in [5.74, 6) is -1.35. The summed E-state index contributed by atoms with van der Waals surface area (Å²) in [5, 5.41) is 0. The van der Waals surface area contributed by atoms with Gasteiger partial charge in [-0.05, 0) is 44.2 Å². The zero-order valence-corrected chi connectivity index (χ0v) is 19.1. The number of rotatable bonds is 4. The van der Waals surface area contributed by atoms with Gasteiger partial charge in [0.2, 0.25) is 0 Å². The van der Waals surface area contributed by atoms with Gasteiger partial charge in [0, 0.05) is 15.6 Å². The number of methoxy groups -OCH3 is 2. The summed E-state index contributed by atoms with van der Waals surface area (Å²) >= 11 is 3.32. The molecule has 0 saturated carbocycles. The molecule has 0 radical (unpaired) electrons. The Hall–Kier alpha value is -3.59. The fourth-order valence-corrected chi connectivity index (χ4v) is 3.77. The van der Waals surface area contributed by atoms with E-state index in [0.29, 0.717) is 16.7 Å². The van der Waals surface area contributed by atoms with Crippen molar-refractivity contribution >= 4 is 39.4 Å². The van der Waals surface area contributed by atoms with E-state index in [1.165, 1.54) is 27.2 Å². The van der Waals surface area contributed by atoms with Crippen molar-refractivity contribution in [2.45, 2.75) is 13.8 Å². The van der Waals surface area contributed by atoms with Crippen LogP contribution in [0, 0.1) is 6.92 Å². The van der Waals surface area contributed by atoms with Gasteiger partial charge in [-0.2, -0.15) is 0 Å². The van der Waals surface area contributed by atoms with Crippen molar-refractivity contribution < 1.29 is 38.1 Å². The van der Waals surface area contributed by atoms with Crippen molar-refractivity contribution in [2.75, 3.05) is 14.2 Å². The third kappa shape index (κ3) is 3.44. The predicted octanol–water partition coefficient (Wildman–Crippen LogP) is 4.09. The van der Waals surface area contributed by atoms with Gasteiger partial charge in [-0.1, -0.05) is 15.9 Å². The third-order valence-corrected chi connectivity index (χ3v) is 5.59. The molecular weight excluding hydrogens is 484 g/mol. The molecule has 0 saturated heterocycles. The predicted molar refractivity (Wildman–Crippen MR) is 115 cm³/mol. The monoisotopic (exact) mass is 500 g/mol. The summed E-state index contributed by atoms with van der Waals surface area (Å²) in [6.45, 7) is 3.19. The van der Waals surface area contributed by atoms with Crippen LogP contribution in [0.2, 0.25) is 0 Å².